The van der Waals surface area contributed by atoms with Gasteiger partial charge in [0.05, 0.1) is 12.1 Å². The molecule has 0 aliphatic carbocycles. The Hall–Kier alpha value is -3.29. The molecule has 2 heterocycles. The predicted octanol–water partition coefficient (Wildman–Crippen LogP) is 3.84. The van der Waals surface area contributed by atoms with E-state index >= 15 is 0 Å². The molecule has 8 heteroatoms. The fourth-order valence-corrected chi connectivity index (χ4v) is 3.52. The number of aryl methyl sites for hydroxylation is 1. The second-order valence-corrected chi connectivity index (χ2v) is 6.83. The van der Waals surface area contributed by atoms with Gasteiger partial charge in [-0.05, 0) is 23.3 Å². The Balaban J connectivity index is 1.55. The number of para-hydroxylation sites is 1. The zero-order chi connectivity index (χ0) is 20.6. The standard InChI is InChI=1S/C21H18F3N3O2/c1-27-18(9-10-26-27)20(28)25-12-14-11-13-5-4-7-16(19(13)29-14)15-6-2-3-8-17(15)21(22,23)24/h2-10,14H,11-12H2,1H3,(H,25,28). The lowest BCUT2D eigenvalue weighted by molar-refractivity contribution is -0.137. The van der Waals surface area contributed by atoms with E-state index in [0.29, 0.717) is 23.4 Å². The number of benzene rings is 2. The zero-order valence-electron chi connectivity index (χ0n) is 15.5. The van der Waals surface area contributed by atoms with Gasteiger partial charge in [0.1, 0.15) is 17.5 Å². The number of halogens is 3. The predicted molar refractivity (Wildman–Crippen MR) is 101 cm³/mol. The van der Waals surface area contributed by atoms with Crippen molar-refractivity contribution in [3.63, 3.8) is 0 Å². The highest BCUT2D eigenvalue weighted by Gasteiger charge is 2.35. The fraction of sp³-hybridized carbons (Fsp3) is 0.238. The average Bonchev–Trinajstić information content (AvgIpc) is 3.31. The van der Waals surface area contributed by atoms with E-state index in [1.165, 1.54) is 23.0 Å². The lowest BCUT2D eigenvalue weighted by atomic mass is 9.96. The molecule has 0 saturated carbocycles. The Morgan fingerprint density at radius 2 is 1.93 bits per heavy atom. The maximum absolute atomic E-state index is 13.4. The number of nitrogens with zero attached hydrogens (tertiary/aromatic N) is 2. The molecule has 4 rings (SSSR count). The molecular weight excluding hydrogens is 383 g/mol. The first kappa shape index (κ1) is 19.0. The molecule has 29 heavy (non-hydrogen) atoms. The van der Waals surface area contributed by atoms with Gasteiger partial charge in [-0.25, -0.2) is 0 Å². The number of alkyl halides is 3. The third-order valence-corrected chi connectivity index (χ3v) is 4.90. The number of rotatable bonds is 4. The lowest BCUT2D eigenvalue weighted by Crippen LogP contribution is -2.35. The molecule has 1 amide bonds. The molecule has 2 aromatic carbocycles. The summed E-state index contributed by atoms with van der Waals surface area (Å²) in [6.07, 6.45) is -2.79. The molecule has 1 aliphatic heterocycles. The van der Waals surface area contributed by atoms with Crippen LogP contribution in [-0.2, 0) is 19.6 Å². The van der Waals surface area contributed by atoms with Crippen LogP contribution in [0.3, 0.4) is 0 Å². The number of aromatic nitrogens is 2. The first-order chi connectivity index (χ1) is 13.8. The van der Waals surface area contributed by atoms with Gasteiger partial charge in [-0.15, -0.1) is 0 Å². The molecule has 0 fully saturated rings. The minimum Gasteiger partial charge on any atom is -0.487 e. The Morgan fingerprint density at radius 3 is 2.66 bits per heavy atom. The highest BCUT2D eigenvalue weighted by molar-refractivity contribution is 5.92. The van der Waals surface area contributed by atoms with E-state index < -0.39 is 11.7 Å². The van der Waals surface area contributed by atoms with Crippen molar-refractivity contribution in [1.29, 1.82) is 0 Å². The summed E-state index contributed by atoms with van der Waals surface area (Å²) >= 11 is 0. The summed E-state index contributed by atoms with van der Waals surface area (Å²) in [6.45, 7) is 0.235. The number of amides is 1. The van der Waals surface area contributed by atoms with E-state index in [0.717, 1.165) is 11.6 Å². The zero-order valence-corrected chi connectivity index (χ0v) is 15.5. The smallest absolute Gasteiger partial charge is 0.417 e. The van der Waals surface area contributed by atoms with Crippen LogP contribution >= 0.6 is 0 Å². The van der Waals surface area contributed by atoms with Gasteiger partial charge in [0.2, 0.25) is 0 Å². The molecule has 1 N–H and O–H groups in total. The van der Waals surface area contributed by atoms with Crippen molar-refractivity contribution in [2.45, 2.75) is 18.7 Å². The van der Waals surface area contributed by atoms with Gasteiger partial charge in [0.25, 0.3) is 5.91 Å². The van der Waals surface area contributed by atoms with Crippen LogP contribution in [0.15, 0.2) is 54.7 Å². The number of carbonyl (C=O) groups is 1. The van der Waals surface area contributed by atoms with Crippen LogP contribution in [-0.4, -0.2) is 28.3 Å². The van der Waals surface area contributed by atoms with Crippen LogP contribution in [0.5, 0.6) is 5.75 Å². The SMILES string of the molecule is Cn1nccc1C(=O)NCC1Cc2cccc(-c3ccccc3C(F)(F)F)c2O1. The van der Waals surface area contributed by atoms with E-state index in [2.05, 4.69) is 10.4 Å². The molecule has 1 atom stereocenters. The van der Waals surface area contributed by atoms with Gasteiger partial charge in [-0.2, -0.15) is 18.3 Å². The van der Waals surface area contributed by atoms with E-state index in [9.17, 15) is 18.0 Å². The van der Waals surface area contributed by atoms with Crippen molar-refractivity contribution in [2.75, 3.05) is 6.54 Å². The summed E-state index contributed by atoms with van der Waals surface area (Å²) in [6, 6.07) is 12.2. The number of fused-ring (bicyclic) bond motifs is 1. The Bertz CT molecular complexity index is 1060. The topological polar surface area (TPSA) is 56.2 Å². The van der Waals surface area contributed by atoms with E-state index in [-0.39, 0.29) is 24.1 Å². The second kappa shape index (κ2) is 7.27. The van der Waals surface area contributed by atoms with Gasteiger partial charge in [-0.3, -0.25) is 9.48 Å². The minimum absolute atomic E-state index is 0.0800. The van der Waals surface area contributed by atoms with Crippen molar-refractivity contribution >= 4 is 5.91 Å². The van der Waals surface area contributed by atoms with Crippen molar-refractivity contribution in [3.8, 4) is 16.9 Å². The van der Waals surface area contributed by atoms with E-state index in [1.54, 1.807) is 31.3 Å². The van der Waals surface area contributed by atoms with Gasteiger partial charge in [0.15, 0.2) is 0 Å². The summed E-state index contributed by atoms with van der Waals surface area (Å²) in [5.74, 6) is 0.149. The Kier molecular flexibility index (Phi) is 4.77. The largest absolute Gasteiger partial charge is 0.487 e. The van der Waals surface area contributed by atoms with Crippen molar-refractivity contribution in [3.05, 3.63) is 71.5 Å². The number of nitrogens with one attached hydrogen (secondary N) is 1. The third kappa shape index (κ3) is 3.70. The van der Waals surface area contributed by atoms with Gasteiger partial charge >= 0.3 is 6.18 Å². The van der Waals surface area contributed by atoms with Crippen LogP contribution in [0.4, 0.5) is 13.2 Å². The maximum atomic E-state index is 13.4. The van der Waals surface area contributed by atoms with E-state index in [4.69, 9.17) is 4.74 Å². The quantitative estimate of drug-likeness (QED) is 0.723. The molecule has 1 aliphatic rings. The molecule has 0 radical (unpaired) electrons. The maximum Gasteiger partial charge on any atom is 0.417 e. The average molecular weight is 401 g/mol. The molecule has 3 aromatic rings. The summed E-state index contributed by atoms with van der Waals surface area (Å²) in [5, 5.41) is 6.75. The molecule has 1 aromatic heterocycles. The Labute approximate surface area is 165 Å². The van der Waals surface area contributed by atoms with Crippen LogP contribution in [0.1, 0.15) is 21.6 Å². The minimum atomic E-state index is -4.46. The molecule has 5 nitrogen and oxygen atoms in total. The monoisotopic (exact) mass is 401 g/mol. The normalized spacial score (nSPS) is 15.7. The molecule has 0 bridgehead atoms. The number of hydrogen-bond acceptors (Lipinski definition) is 3. The number of carbonyl (C=O) groups excluding carboxylic acids is 1. The fourth-order valence-electron chi connectivity index (χ4n) is 3.52. The van der Waals surface area contributed by atoms with Crippen LogP contribution < -0.4 is 10.1 Å². The Morgan fingerprint density at radius 1 is 1.17 bits per heavy atom. The summed E-state index contributed by atoms with van der Waals surface area (Å²) in [5.41, 5.74) is 1.01. The van der Waals surface area contributed by atoms with Crippen molar-refractivity contribution in [2.24, 2.45) is 7.05 Å². The summed E-state index contributed by atoms with van der Waals surface area (Å²) in [4.78, 5) is 12.2. The van der Waals surface area contributed by atoms with Crippen LogP contribution in [0.25, 0.3) is 11.1 Å². The molecular formula is C21H18F3N3O2. The molecule has 1 unspecified atom stereocenters. The molecule has 150 valence electrons. The molecule has 0 saturated heterocycles. The van der Waals surface area contributed by atoms with Crippen molar-refractivity contribution in [1.82, 2.24) is 15.1 Å². The van der Waals surface area contributed by atoms with E-state index in [1.807, 2.05) is 6.07 Å². The van der Waals surface area contributed by atoms with Crippen LogP contribution in [0, 0.1) is 0 Å². The van der Waals surface area contributed by atoms with Gasteiger partial charge in [-0.1, -0.05) is 36.4 Å². The first-order valence-corrected chi connectivity index (χ1v) is 9.06. The lowest BCUT2D eigenvalue weighted by Gasteiger charge is -2.16. The highest BCUT2D eigenvalue weighted by atomic mass is 19.4. The number of ether oxygens (including phenoxy) is 1. The third-order valence-electron chi connectivity index (χ3n) is 4.90. The van der Waals surface area contributed by atoms with Crippen LogP contribution in [0.2, 0.25) is 0 Å². The summed E-state index contributed by atoms with van der Waals surface area (Å²) < 4.78 is 47.7. The second-order valence-electron chi connectivity index (χ2n) is 6.83. The first-order valence-electron chi connectivity index (χ1n) is 9.06. The van der Waals surface area contributed by atoms with Gasteiger partial charge in [0, 0.05) is 25.2 Å². The molecule has 0 spiro atoms. The number of hydrogen-bond donors (Lipinski definition) is 1. The summed E-state index contributed by atoms with van der Waals surface area (Å²) in [7, 11) is 1.67. The van der Waals surface area contributed by atoms with Crippen molar-refractivity contribution < 1.29 is 22.7 Å². The van der Waals surface area contributed by atoms with Gasteiger partial charge < -0.3 is 10.1 Å². The highest BCUT2D eigenvalue weighted by Crippen LogP contribution is 2.43.